The predicted molar refractivity (Wildman–Crippen MR) is 61.9 cm³/mol. The maximum Gasteiger partial charge on any atom is 0.131 e. The van der Waals surface area contributed by atoms with Crippen LogP contribution in [0.25, 0.3) is 0 Å². The van der Waals surface area contributed by atoms with Crippen LogP contribution in [0.3, 0.4) is 0 Å². The summed E-state index contributed by atoms with van der Waals surface area (Å²) in [6.45, 7) is 1.80. The molecular formula is C11H19N3O. The summed E-state index contributed by atoms with van der Waals surface area (Å²) in [6, 6.07) is 3.87. The topological polar surface area (TPSA) is 62.4 Å². The van der Waals surface area contributed by atoms with E-state index >= 15 is 0 Å². The van der Waals surface area contributed by atoms with Crippen LogP contribution in [0, 0.1) is 0 Å². The molecule has 1 atom stereocenters. The first kappa shape index (κ1) is 11.9. The number of pyridine rings is 1. The van der Waals surface area contributed by atoms with Gasteiger partial charge in [-0.15, -0.1) is 0 Å². The maximum atomic E-state index is 9.13. The van der Waals surface area contributed by atoms with Crippen LogP contribution in [-0.2, 0) is 6.42 Å². The summed E-state index contributed by atoms with van der Waals surface area (Å²) in [5.74, 6) is 0.905. The van der Waals surface area contributed by atoms with Gasteiger partial charge in [0.15, 0.2) is 0 Å². The summed E-state index contributed by atoms with van der Waals surface area (Å²) in [6.07, 6.45) is 2.37. The average Bonchev–Trinajstić information content (AvgIpc) is 2.18. The Balaban J connectivity index is 2.94. The van der Waals surface area contributed by atoms with Crippen LogP contribution in [0.1, 0.15) is 12.5 Å². The van der Waals surface area contributed by atoms with Gasteiger partial charge < -0.3 is 15.7 Å². The molecule has 0 aliphatic carbocycles. The minimum atomic E-state index is -0.589. The summed E-state index contributed by atoms with van der Waals surface area (Å²) < 4.78 is 0. The van der Waals surface area contributed by atoms with Gasteiger partial charge in [-0.2, -0.15) is 0 Å². The number of anilines is 1. The highest BCUT2D eigenvalue weighted by molar-refractivity contribution is 5.45. The Morgan fingerprint density at radius 2 is 2.20 bits per heavy atom. The lowest BCUT2D eigenvalue weighted by Crippen LogP contribution is -2.42. The molecule has 0 spiro atoms. The predicted octanol–water partition coefficient (Wildman–Crippen LogP) is 0.400. The molecule has 0 fully saturated rings. The highest BCUT2D eigenvalue weighted by Crippen LogP contribution is 2.19. The Hall–Kier alpha value is -1.13. The van der Waals surface area contributed by atoms with Crippen molar-refractivity contribution in [3.63, 3.8) is 0 Å². The second-order valence-corrected chi connectivity index (χ2v) is 4.37. The van der Waals surface area contributed by atoms with Gasteiger partial charge in [0.25, 0.3) is 0 Å². The molecule has 1 heterocycles. The van der Waals surface area contributed by atoms with Gasteiger partial charge >= 0.3 is 0 Å². The Kier molecular flexibility index (Phi) is 3.66. The van der Waals surface area contributed by atoms with Crippen molar-refractivity contribution in [2.24, 2.45) is 5.73 Å². The first-order chi connectivity index (χ1) is 6.96. The molecule has 1 unspecified atom stereocenters. The number of aliphatic hydroxyl groups excluding tert-OH is 1. The molecule has 0 aromatic carbocycles. The third-order valence-electron chi connectivity index (χ3n) is 2.25. The average molecular weight is 209 g/mol. The largest absolute Gasteiger partial charge is 0.394 e. The van der Waals surface area contributed by atoms with Gasteiger partial charge in [0.2, 0.25) is 0 Å². The molecule has 0 aliphatic heterocycles. The fourth-order valence-electron chi connectivity index (χ4n) is 1.46. The Morgan fingerprint density at radius 3 is 2.73 bits per heavy atom. The van der Waals surface area contributed by atoms with Crippen LogP contribution in [0.4, 0.5) is 5.82 Å². The molecule has 0 aliphatic rings. The van der Waals surface area contributed by atoms with E-state index in [1.54, 1.807) is 6.20 Å². The van der Waals surface area contributed by atoms with Crippen molar-refractivity contribution in [1.29, 1.82) is 0 Å². The van der Waals surface area contributed by atoms with Crippen molar-refractivity contribution in [1.82, 2.24) is 4.98 Å². The van der Waals surface area contributed by atoms with E-state index in [9.17, 15) is 0 Å². The lowest BCUT2D eigenvalue weighted by molar-refractivity contribution is 0.208. The maximum absolute atomic E-state index is 9.13. The monoisotopic (exact) mass is 209 g/mol. The summed E-state index contributed by atoms with van der Waals surface area (Å²) >= 11 is 0. The highest BCUT2D eigenvalue weighted by Gasteiger charge is 2.20. The molecule has 4 nitrogen and oxygen atoms in total. The zero-order chi connectivity index (χ0) is 11.5. The van der Waals surface area contributed by atoms with E-state index < -0.39 is 5.54 Å². The zero-order valence-electron chi connectivity index (χ0n) is 9.57. The minimum absolute atomic E-state index is 0.0330. The Morgan fingerprint density at radius 1 is 1.53 bits per heavy atom. The summed E-state index contributed by atoms with van der Waals surface area (Å²) in [4.78, 5) is 6.23. The van der Waals surface area contributed by atoms with Gasteiger partial charge in [-0.3, -0.25) is 0 Å². The smallest absolute Gasteiger partial charge is 0.131 e. The molecule has 84 valence electrons. The second kappa shape index (κ2) is 4.59. The Labute approximate surface area is 90.7 Å². The molecule has 0 saturated heterocycles. The highest BCUT2D eigenvalue weighted by atomic mass is 16.3. The van der Waals surface area contributed by atoms with E-state index in [1.165, 1.54) is 0 Å². The van der Waals surface area contributed by atoms with Crippen molar-refractivity contribution >= 4 is 5.82 Å². The third kappa shape index (κ3) is 3.18. The van der Waals surface area contributed by atoms with Crippen LogP contribution in [0.2, 0.25) is 0 Å². The molecule has 0 amide bonds. The molecule has 15 heavy (non-hydrogen) atoms. The number of rotatable bonds is 4. The van der Waals surface area contributed by atoms with Gasteiger partial charge in [0.1, 0.15) is 5.82 Å². The molecule has 0 saturated carbocycles. The first-order valence-corrected chi connectivity index (χ1v) is 4.97. The van der Waals surface area contributed by atoms with E-state index in [1.807, 2.05) is 38.1 Å². The Bertz CT molecular complexity index is 323. The number of nitrogens with two attached hydrogens (primary N) is 1. The van der Waals surface area contributed by atoms with Crippen LogP contribution in [-0.4, -0.2) is 36.3 Å². The van der Waals surface area contributed by atoms with Crippen molar-refractivity contribution in [3.8, 4) is 0 Å². The van der Waals surface area contributed by atoms with E-state index in [0.29, 0.717) is 6.42 Å². The number of hydrogen-bond acceptors (Lipinski definition) is 4. The molecular weight excluding hydrogens is 190 g/mol. The van der Waals surface area contributed by atoms with E-state index in [2.05, 4.69) is 4.98 Å². The minimum Gasteiger partial charge on any atom is -0.394 e. The molecule has 0 radical (unpaired) electrons. The van der Waals surface area contributed by atoms with Crippen molar-refractivity contribution < 1.29 is 5.11 Å². The number of nitrogens with zero attached hydrogens (tertiary/aromatic N) is 2. The fourth-order valence-corrected chi connectivity index (χ4v) is 1.46. The van der Waals surface area contributed by atoms with Crippen molar-refractivity contribution in [2.45, 2.75) is 18.9 Å². The van der Waals surface area contributed by atoms with Gasteiger partial charge in [-0.05, 0) is 25.0 Å². The molecule has 4 heteroatoms. The van der Waals surface area contributed by atoms with E-state index in [4.69, 9.17) is 10.8 Å². The fraction of sp³-hybridized carbons (Fsp3) is 0.545. The van der Waals surface area contributed by atoms with Crippen LogP contribution >= 0.6 is 0 Å². The van der Waals surface area contributed by atoms with Crippen molar-refractivity contribution in [2.75, 3.05) is 25.6 Å². The normalized spacial score (nSPS) is 14.7. The molecule has 0 bridgehead atoms. The lowest BCUT2D eigenvalue weighted by Gasteiger charge is -2.24. The van der Waals surface area contributed by atoms with Gasteiger partial charge in [-0.1, -0.05) is 6.07 Å². The third-order valence-corrected chi connectivity index (χ3v) is 2.25. The van der Waals surface area contributed by atoms with E-state index in [-0.39, 0.29) is 6.61 Å². The van der Waals surface area contributed by atoms with Gasteiger partial charge in [0, 0.05) is 25.8 Å². The lowest BCUT2D eigenvalue weighted by atomic mass is 9.95. The van der Waals surface area contributed by atoms with Crippen LogP contribution < -0.4 is 10.6 Å². The summed E-state index contributed by atoms with van der Waals surface area (Å²) in [5, 5.41) is 9.13. The second-order valence-electron chi connectivity index (χ2n) is 4.37. The van der Waals surface area contributed by atoms with Gasteiger partial charge in [0.05, 0.1) is 6.61 Å². The summed E-state index contributed by atoms with van der Waals surface area (Å²) in [5.41, 5.74) is 6.39. The molecule has 1 aromatic rings. The first-order valence-electron chi connectivity index (χ1n) is 4.97. The molecule has 1 aromatic heterocycles. The standard InChI is InChI=1S/C11H19N3O/c1-11(12,8-15)7-9-5-4-6-13-10(9)14(2)3/h4-6,15H,7-8,12H2,1-3H3. The van der Waals surface area contributed by atoms with Crippen molar-refractivity contribution in [3.05, 3.63) is 23.9 Å². The zero-order valence-corrected chi connectivity index (χ0v) is 9.57. The molecule has 1 rings (SSSR count). The summed E-state index contributed by atoms with van der Waals surface area (Å²) in [7, 11) is 3.89. The van der Waals surface area contributed by atoms with Crippen LogP contribution in [0.15, 0.2) is 18.3 Å². The number of aliphatic hydroxyl groups is 1. The van der Waals surface area contributed by atoms with Gasteiger partial charge in [-0.25, -0.2) is 4.98 Å². The number of aromatic nitrogens is 1. The molecule has 3 N–H and O–H groups in total. The van der Waals surface area contributed by atoms with Crippen LogP contribution in [0.5, 0.6) is 0 Å². The number of hydrogen-bond donors (Lipinski definition) is 2. The SMILES string of the molecule is CN(C)c1ncccc1CC(C)(N)CO. The quantitative estimate of drug-likeness (QED) is 0.753. The van der Waals surface area contributed by atoms with E-state index in [0.717, 1.165) is 11.4 Å².